The molecule has 0 spiro atoms. The predicted octanol–water partition coefficient (Wildman–Crippen LogP) is 16.4. The zero-order chi connectivity index (χ0) is 37.9. The van der Waals surface area contributed by atoms with Gasteiger partial charge in [0.2, 0.25) is 0 Å². The smallest absolute Gasteiger partial charge is 0.185 e. The van der Waals surface area contributed by atoms with Gasteiger partial charge in [0, 0.05) is 10.5 Å². The van der Waals surface area contributed by atoms with E-state index in [2.05, 4.69) is 45.0 Å². The number of hydrogen-bond acceptors (Lipinski definition) is 4. The van der Waals surface area contributed by atoms with Crippen molar-refractivity contribution >= 4 is 23.6 Å². The van der Waals surface area contributed by atoms with Crippen LogP contribution in [-0.2, 0) is 0 Å². The van der Waals surface area contributed by atoms with Crippen molar-refractivity contribution in [1.29, 1.82) is 0 Å². The van der Waals surface area contributed by atoms with Crippen molar-refractivity contribution in [3.8, 4) is 11.5 Å². The molecule has 0 saturated carbocycles. The molecule has 2 rings (SSSR count). The van der Waals surface area contributed by atoms with E-state index in [1.807, 2.05) is 36.0 Å². The summed E-state index contributed by atoms with van der Waals surface area (Å²) in [6, 6.07) is 14.2. The second kappa shape index (κ2) is 34.3. The van der Waals surface area contributed by atoms with Gasteiger partial charge in [-0.05, 0) is 67.0 Å². The average Bonchev–Trinajstić information content (AvgIpc) is 3.18. The molecule has 0 heterocycles. The quantitative estimate of drug-likeness (QED) is 0.0298. The molecule has 0 N–H and O–H groups in total. The van der Waals surface area contributed by atoms with Gasteiger partial charge in [-0.15, -0.1) is 11.8 Å². The van der Waals surface area contributed by atoms with Gasteiger partial charge in [-0.3, -0.25) is 4.79 Å². The van der Waals surface area contributed by atoms with Crippen molar-refractivity contribution in [3.05, 3.63) is 59.7 Å². The van der Waals surface area contributed by atoms with Crippen molar-refractivity contribution in [1.82, 2.24) is 0 Å². The normalized spacial score (nSPS) is 11.5. The van der Waals surface area contributed by atoms with Gasteiger partial charge < -0.3 is 9.47 Å². The third-order valence-corrected chi connectivity index (χ3v) is 11.4. The Hall–Kier alpha value is -2.20. The Labute approximate surface area is 332 Å². The third-order valence-electron chi connectivity index (χ3n) is 10.3. The van der Waals surface area contributed by atoms with E-state index in [-0.39, 0.29) is 5.78 Å². The molecule has 0 bridgehead atoms. The van der Waals surface area contributed by atoms with Crippen molar-refractivity contribution in [2.24, 2.45) is 0 Å². The molecule has 3 nitrogen and oxygen atoms in total. The maximum Gasteiger partial charge on any atom is 0.185 e. The summed E-state index contributed by atoms with van der Waals surface area (Å²) in [5.41, 5.74) is 1.67. The number of unbranched alkanes of at least 4 members (excludes halogenated alkanes) is 25. The zero-order valence-electron chi connectivity index (χ0n) is 34.7. The number of thioether (sulfide) groups is 1. The van der Waals surface area contributed by atoms with Crippen LogP contribution in [0.5, 0.6) is 11.5 Å². The van der Waals surface area contributed by atoms with Crippen LogP contribution >= 0.6 is 11.8 Å². The number of rotatable bonds is 37. The highest BCUT2D eigenvalue weighted by Crippen LogP contribution is 2.30. The molecule has 4 heteroatoms. The molecular formula is C49H80O3S. The minimum Gasteiger partial charge on any atom is -0.490 e. The first-order valence-corrected chi connectivity index (χ1v) is 23.5. The third kappa shape index (κ3) is 25.5. The number of allylic oxidation sites excluding steroid dienone is 1. The number of ether oxygens (including phenoxy) is 2. The summed E-state index contributed by atoms with van der Waals surface area (Å²) in [5, 5.41) is 0. The molecule has 0 aliphatic heterocycles. The van der Waals surface area contributed by atoms with E-state index < -0.39 is 0 Å². The first-order chi connectivity index (χ1) is 26.2. The fourth-order valence-electron chi connectivity index (χ4n) is 6.81. The fraction of sp³-hybridized carbons (Fsp3) is 0.694. The molecule has 0 aliphatic rings. The average molecular weight is 749 g/mol. The number of carbonyl (C=O) groups is 1. The fourth-order valence-corrected chi connectivity index (χ4v) is 7.72. The Kier molecular flexibility index (Phi) is 30.4. The number of benzene rings is 2. The summed E-state index contributed by atoms with van der Waals surface area (Å²) in [6.45, 7) is 8.05. The van der Waals surface area contributed by atoms with E-state index in [4.69, 9.17) is 9.47 Å². The summed E-state index contributed by atoms with van der Waals surface area (Å²) < 4.78 is 12.2. The van der Waals surface area contributed by atoms with Gasteiger partial charge in [0.05, 0.1) is 13.2 Å². The largest absolute Gasteiger partial charge is 0.490 e. The summed E-state index contributed by atoms with van der Waals surface area (Å²) in [4.78, 5) is 14.4. The highest BCUT2D eigenvalue weighted by Gasteiger charge is 2.11. The van der Waals surface area contributed by atoms with E-state index in [9.17, 15) is 4.79 Å². The maximum atomic E-state index is 13.1. The number of ketones is 1. The second-order valence-electron chi connectivity index (χ2n) is 15.3. The Morgan fingerprint density at radius 1 is 0.491 bits per heavy atom. The first-order valence-electron chi connectivity index (χ1n) is 22.5. The van der Waals surface area contributed by atoms with Gasteiger partial charge in [-0.2, -0.15) is 0 Å². The van der Waals surface area contributed by atoms with Crippen LogP contribution in [0.25, 0.3) is 6.08 Å². The molecule has 0 saturated heterocycles. The molecule has 0 amide bonds. The number of carbonyl (C=O) groups excluding carboxylic acids is 1. The van der Waals surface area contributed by atoms with Gasteiger partial charge in [0.25, 0.3) is 0 Å². The molecule has 0 aliphatic carbocycles. The van der Waals surface area contributed by atoms with Crippen LogP contribution in [0.3, 0.4) is 0 Å². The molecule has 0 aromatic heterocycles. The monoisotopic (exact) mass is 749 g/mol. The van der Waals surface area contributed by atoms with Crippen LogP contribution in [0.4, 0.5) is 0 Å². The summed E-state index contributed by atoms with van der Waals surface area (Å²) >= 11 is 1.95. The Morgan fingerprint density at radius 2 is 0.906 bits per heavy atom. The number of hydrogen-bond donors (Lipinski definition) is 0. The highest BCUT2D eigenvalue weighted by atomic mass is 32.2. The van der Waals surface area contributed by atoms with Gasteiger partial charge in [0.1, 0.15) is 0 Å². The van der Waals surface area contributed by atoms with E-state index in [0.29, 0.717) is 24.5 Å². The molecule has 0 radical (unpaired) electrons. The minimum atomic E-state index is -0.0200. The first kappa shape index (κ1) is 47.0. The molecule has 0 atom stereocenters. The van der Waals surface area contributed by atoms with E-state index in [0.717, 1.165) is 30.6 Å². The lowest BCUT2D eigenvalue weighted by atomic mass is 10.0. The van der Waals surface area contributed by atoms with E-state index in [1.165, 1.54) is 171 Å². The summed E-state index contributed by atoms with van der Waals surface area (Å²) in [5.74, 6) is 2.57. The molecule has 0 unspecified atom stereocenters. The topological polar surface area (TPSA) is 35.5 Å². The molecule has 300 valence electrons. The van der Waals surface area contributed by atoms with Gasteiger partial charge >= 0.3 is 0 Å². The van der Waals surface area contributed by atoms with Crippen molar-refractivity contribution in [2.75, 3.05) is 19.0 Å². The van der Waals surface area contributed by atoms with Gasteiger partial charge in [-0.1, -0.05) is 200 Å². The lowest BCUT2D eigenvalue weighted by molar-refractivity contribution is 0.104. The van der Waals surface area contributed by atoms with E-state index in [1.54, 1.807) is 6.08 Å². The van der Waals surface area contributed by atoms with Crippen LogP contribution in [0.15, 0.2) is 53.4 Å². The second-order valence-corrected chi connectivity index (χ2v) is 16.5. The van der Waals surface area contributed by atoms with Gasteiger partial charge in [0.15, 0.2) is 17.3 Å². The van der Waals surface area contributed by atoms with E-state index >= 15 is 0 Å². The van der Waals surface area contributed by atoms with Crippen molar-refractivity contribution < 1.29 is 14.3 Å². The van der Waals surface area contributed by atoms with Crippen molar-refractivity contribution in [3.63, 3.8) is 0 Å². The molecular weight excluding hydrogens is 669 g/mol. The predicted molar refractivity (Wildman–Crippen MR) is 234 cm³/mol. The SMILES string of the molecule is CCCCCCCCCCCCCCCCCCCCCCSc1ccc(C=CC(=O)c2ccc(OCCCCCC)c(OCCCCCC)c2)cc1. The molecule has 2 aromatic rings. The standard InChI is InChI=1S/C49H80O3S/c1-4-7-10-13-14-15-16-17-18-19-20-21-22-23-24-25-26-27-28-31-42-53-46-36-32-44(33-37-46)34-38-47(50)45-35-39-48(51-40-29-11-8-5-2)49(43-45)52-41-30-12-9-6-3/h32-39,43H,4-31,40-42H2,1-3H3. The molecule has 2 aromatic carbocycles. The van der Waals surface area contributed by atoms with Crippen LogP contribution in [0, 0.1) is 0 Å². The summed E-state index contributed by atoms with van der Waals surface area (Å²) in [7, 11) is 0. The minimum absolute atomic E-state index is 0.0200. The lowest BCUT2D eigenvalue weighted by Crippen LogP contribution is -2.04. The van der Waals surface area contributed by atoms with Crippen molar-refractivity contribution in [2.45, 2.75) is 205 Å². The Morgan fingerprint density at radius 3 is 1.38 bits per heavy atom. The zero-order valence-corrected chi connectivity index (χ0v) is 35.6. The van der Waals surface area contributed by atoms with Crippen LogP contribution in [0.2, 0.25) is 0 Å². The maximum absolute atomic E-state index is 13.1. The highest BCUT2D eigenvalue weighted by molar-refractivity contribution is 7.99. The van der Waals surface area contributed by atoms with Crippen LogP contribution in [-0.4, -0.2) is 24.7 Å². The van der Waals surface area contributed by atoms with Crippen LogP contribution < -0.4 is 9.47 Å². The molecule has 0 fully saturated rings. The van der Waals surface area contributed by atoms with Crippen LogP contribution in [0.1, 0.15) is 216 Å². The Bertz CT molecular complexity index is 1160. The lowest BCUT2D eigenvalue weighted by Gasteiger charge is -2.14. The summed E-state index contributed by atoms with van der Waals surface area (Å²) in [6.07, 6.45) is 41.3. The Balaban J connectivity index is 1.56. The van der Waals surface area contributed by atoms with Gasteiger partial charge in [-0.25, -0.2) is 0 Å². The molecule has 53 heavy (non-hydrogen) atoms.